The molecule has 2 rings (SSSR count). The SMILES string of the molecule is [2H]C([2H])([2H])n1c(=O)[nH]c2cc(Br)cnc21. The van der Waals surface area contributed by atoms with Crippen LogP contribution < -0.4 is 5.69 Å². The van der Waals surface area contributed by atoms with Crippen molar-refractivity contribution in [2.45, 2.75) is 0 Å². The maximum atomic E-state index is 11.4. The van der Waals surface area contributed by atoms with Gasteiger partial charge in [0.05, 0.1) is 5.52 Å². The first-order chi connectivity index (χ1) is 6.89. The minimum absolute atomic E-state index is 0.128. The molecule has 2 aromatic heterocycles. The van der Waals surface area contributed by atoms with Crippen molar-refractivity contribution in [3.8, 4) is 0 Å². The predicted octanol–water partition coefficient (Wildman–Crippen LogP) is 1.02. The molecule has 2 heterocycles. The largest absolute Gasteiger partial charge is 0.327 e. The minimum atomic E-state index is -2.52. The number of rotatable bonds is 0. The molecular weight excluding hydrogens is 222 g/mol. The zero-order chi connectivity index (χ0) is 11.2. The number of H-pyrrole nitrogens is 1. The van der Waals surface area contributed by atoms with E-state index < -0.39 is 12.7 Å². The lowest BCUT2D eigenvalue weighted by Crippen LogP contribution is -2.12. The highest BCUT2D eigenvalue weighted by Crippen LogP contribution is 2.12. The van der Waals surface area contributed by atoms with E-state index in [0.29, 0.717) is 14.6 Å². The van der Waals surface area contributed by atoms with Crippen molar-refractivity contribution in [1.29, 1.82) is 0 Å². The van der Waals surface area contributed by atoms with E-state index in [2.05, 4.69) is 25.9 Å². The molecule has 0 aliphatic heterocycles. The van der Waals surface area contributed by atoms with Gasteiger partial charge in [-0.3, -0.25) is 4.57 Å². The second-order valence-corrected chi connectivity index (χ2v) is 3.21. The normalized spacial score (nSPS) is 15.6. The van der Waals surface area contributed by atoms with Crippen LogP contribution in [0.2, 0.25) is 0 Å². The van der Waals surface area contributed by atoms with Gasteiger partial charge in [-0.1, -0.05) is 0 Å². The van der Waals surface area contributed by atoms with E-state index >= 15 is 0 Å². The van der Waals surface area contributed by atoms with Gasteiger partial charge in [0.2, 0.25) is 0 Å². The average Bonchev–Trinajstić information content (AvgIpc) is 2.38. The molecule has 4 nitrogen and oxygen atoms in total. The number of halogens is 1. The molecule has 0 radical (unpaired) electrons. The van der Waals surface area contributed by atoms with Crippen LogP contribution >= 0.6 is 15.9 Å². The van der Waals surface area contributed by atoms with Gasteiger partial charge in [0.1, 0.15) is 0 Å². The van der Waals surface area contributed by atoms with Crippen molar-refractivity contribution in [2.75, 3.05) is 0 Å². The summed E-state index contributed by atoms with van der Waals surface area (Å²) in [6.45, 7) is -2.52. The molecule has 5 heteroatoms. The van der Waals surface area contributed by atoms with Crippen molar-refractivity contribution in [3.05, 3.63) is 27.2 Å². The Morgan fingerprint density at radius 2 is 2.67 bits per heavy atom. The molecule has 0 saturated carbocycles. The van der Waals surface area contributed by atoms with Gasteiger partial charge in [-0.05, 0) is 22.0 Å². The van der Waals surface area contributed by atoms with Gasteiger partial charge in [-0.25, -0.2) is 9.78 Å². The lowest BCUT2D eigenvalue weighted by Gasteiger charge is -1.91. The summed E-state index contributed by atoms with van der Waals surface area (Å²) in [6.07, 6.45) is 1.44. The molecule has 0 atom stereocenters. The number of aryl methyl sites for hydroxylation is 1. The van der Waals surface area contributed by atoms with Crippen LogP contribution in [-0.4, -0.2) is 14.5 Å². The fraction of sp³-hybridized carbons (Fsp3) is 0.143. The summed E-state index contributed by atoms with van der Waals surface area (Å²) in [7, 11) is 0. The highest BCUT2D eigenvalue weighted by Gasteiger charge is 2.03. The Labute approximate surface area is 80.6 Å². The number of nitrogens with zero attached hydrogens (tertiary/aromatic N) is 2. The number of pyridine rings is 1. The molecule has 0 unspecified atom stereocenters. The number of hydrogen-bond acceptors (Lipinski definition) is 2. The van der Waals surface area contributed by atoms with Gasteiger partial charge in [0.15, 0.2) is 5.65 Å². The van der Waals surface area contributed by atoms with Crippen LogP contribution in [0.4, 0.5) is 0 Å². The van der Waals surface area contributed by atoms with E-state index in [4.69, 9.17) is 4.11 Å². The van der Waals surface area contributed by atoms with E-state index in [0.717, 1.165) is 0 Å². The predicted molar refractivity (Wildman–Crippen MR) is 49.0 cm³/mol. The number of hydrogen-bond donors (Lipinski definition) is 1. The van der Waals surface area contributed by atoms with Crippen molar-refractivity contribution < 1.29 is 4.11 Å². The molecule has 0 fully saturated rings. The maximum absolute atomic E-state index is 11.4. The highest BCUT2D eigenvalue weighted by molar-refractivity contribution is 9.10. The molecule has 0 aliphatic rings. The summed E-state index contributed by atoms with van der Waals surface area (Å²) >= 11 is 3.18. The summed E-state index contributed by atoms with van der Waals surface area (Å²) in [4.78, 5) is 17.7. The smallest absolute Gasteiger partial charge is 0.304 e. The monoisotopic (exact) mass is 230 g/mol. The Hall–Kier alpha value is -1.10. The summed E-state index contributed by atoms with van der Waals surface area (Å²) in [5.41, 5.74) is -0.163. The van der Waals surface area contributed by atoms with Crippen molar-refractivity contribution >= 4 is 27.1 Å². The molecule has 12 heavy (non-hydrogen) atoms. The van der Waals surface area contributed by atoms with Crippen LogP contribution in [0, 0.1) is 0 Å². The van der Waals surface area contributed by atoms with Crippen LogP contribution in [0.1, 0.15) is 4.11 Å². The first-order valence-corrected chi connectivity index (χ1v) is 3.95. The van der Waals surface area contributed by atoms with Crippen LogP contribution in [0.3, 0.4) is 0 Å². The van der Waals surface area contributed by atoms with Crippen molar-refractivity contribution in [2.24, 2.45) is 6.98 Å². The highest BCUT2D eigenvalue weighted by atomic mass is 79.9. The molecule has 0 amide bonds. The summed E-state index contributed by atoms with van der Waals surface area (Å²) in [5, 5.41) is 0. The van der Waals surface area contributed by atoms with Gasteiger partial charge in [0, 0.05) is 21.8 Å². The molecule has 0 saturated heterocycles. The molecule has 62 valence electrons. The van der Waals surface area contributed by atoms with Crippen molar-refractivity contribution in [1.82, 2.24) is 14.5 Å². The fourth-order valence-corrected chi connectivity index (χ4v) is 1.30. The van der Waals surface area contributed by atoms with Gasteiger partial charge in [0.25, 0.3) is 0 Å². The number of aromatic amines is 1. The van der Waals surface area contributed by atoms with Gasteiger partial charge < -0.3 is 4.98 Å². The summed E-state index contributed by atoms with van der Waals surface area (Å²) in [6, 6.07) is 1.60. The topological polar surface area (TPSA) is 50.7 Å². The number of nitrogens with one attached hydrogen (secondary N) is 1. The Bertz CT molecular complexity index is 571. The van der Waals surface area contributed by atoms with Gasteiger partial charge in [-0.2, -0.15) is 0 Å². The quantitative estimate of drug-likeness (QED) is 0.735. The Balaban J connectivity index is 2.86. The number of aromatic nitrogens is 3. The van der Waals surface area contributed by atoms with E-state index in [1.54, 1.807) is 6.07 Å². The van der Waals surface area contributed by atoms with Crippen LogP contribution in [0.5, 0.6) is 0 Å². The third kappa shape index (κ3) is 0.972. The maximum Gasteiger partial charge on any atom is 0.327 e. The standard InChI is InChI=1S/C7H6BrN3O/c1-11-6-5(10-7(11)12)2-4(8)3-9-6/h2-3H,1H3,(H,10,12)/i1D3. The molecule has 0 aromatic carbocycles. The average molecular weight is 231 g/mol. The van der Waals surface area contributed by atoms with Crippen molar-refractivity contribution in [3.63, 3.8) is 0 Å². The molecule has 0 aliphatic carbocycles. The second-order valence-electron chi connectivity index (χ2n) is 2.29. The third-order valence-corrected chi connectivity index (χ3v) is 1.92. The molecule has 1 N–H and O–H groups in total. The number of imidazole rings is 1. The fourth-order valence-electron chi connectivity index (χ4n) is 0.970. The molecular formula is C7H6BrN3O. The molecule has 2 aromatic rings. The van der Waals surface area contributed by atoms with E-state index in [1.807, 2.05) is 0 Å². The zero-order valence-corrected chi connectivity index (χ0v) is 7.42. The first-order valence-electron chi connectivity index (χ1n) is 4.66. The first kappa shape index (κ1) is 4.81. The minimum Gasteiger partial charge on any atom is -0.304 e. The number of fused-ring (bicyclic) bond motifs is 1. The zero-order valence-electron chi connectivity index (χ0n) is 8.84. The van der Waals surface area contributed by atoms with Crippen LogP contribution in [0.25, 0.3) is 11.2 Å². The van der Waals surface area contributed by atoms with Gasteiger partial charge in [-0.15, -0.1) is 0 Å². The Morgan fingerprint density at radius 1 is 1.83 bits per heavy atom. The van der Waals surface area contributed by atoms with Crippen LogP contribution in [-0.2, 0) is 6.98 Å². The van der Waals surface area contributed by atoms with E-state index in [9.17, 15) is 4.79 Å². The van der Waals surface area contributed by atoms with E-state index in [1.165, 1.54) is 6.20 Å². The molecule has 0 bridgehead atoms. The lowest BCUT2D eigenvalue weighted by molar-refractivity contribution is 0.879. The van der Waals surface area contributed by atoms with E-state index in [-0.39, 0.29) is 5.65 Å². The molecule has 0 spiro atoms. The second kappa shape index (κ2) is 2.45. The Morgan fingerprint density at radius 3 is 3.42 bits per heavy atom. The van der Waals surface area contributed by atoms with Crippen LogP contribution in [0.15, 0.2) is 21.5 Å². The lowest BCUT2D eigenvalue weighted by atomic mass is 10.4. The summed E-state index contributed by atoms with van der Waals surface area (Å²) < 4.78 is 22.9. The summed E-state index contributed by atoms with van der Waals surface area (Å²) in [5.74, 6) is 0. The third-order valence-electron chi connectivity index (χ3n) is 1.49. The Kier molecular flexibility index (Phi) is 0.981. The van der Waals surface area contributed by atoms with Gasteiger partial charge >= 0.3 is 5.69 Å².